The number of carbonyl (C=O) groups is 2. The fourth-order valence-electron chi connectivity index (χ4n) is 3.38. The monoisotopic (exact) mass is 293 g/mol. The summed E-state index contributed by atoms with van der Waals surface area (Å²) in [6.07, 6.45) is 10.1. The van der Waals surface area contributed by atoms with Crippen LogP contribution in [0.15, 0.2) is 12.2 Å². The molecule has 0 spiro atoms. The highest BCUT2D eigenvalue weighted by molar-refractivity contribution is 5.91. The molecule has 1 aliphatic rings. The predicted molar refractivity (Wildman–Crippen MR) is 86.6 cm³/mol. The lowest BCUT2D eigenvalue weighted by Gasteiger charge is -2.31. The molecule has 0 heterocycles. The van der Waals surface area contributed by atoms with E-state index in [1.54, 1.807) is 0 Å². The summed E-state index contributed by atoms with van der Waals surface area (Å²) < 4.78 is 0. The second kappa shape index (κ2) is 7.77. The zero-order valence-corrected chi connectivity index (χ0v) is 14.0. The number of primary amides is 1. The Morgan fingerprint density at radius 3 is 2.19 bits per heavy atom. The number of hydrogen-bond donors (Lipinski definition) is 1. The molecule has 3 heteroatoms. The lowest BCUT2D eigenvalue weighted by molar-refractivity contribution is -0.137. The van der Waals surface area contributed by atoms with Gasteiger partial charge in [0, 0.05) is 11.3 Å². The third-order valence-corrected chi connectivity index (χ3v) is 4.61. The van der Waals surface area contributed by atoms with Crippen LogP contribution in [0.5, 0.6) is 0 Å². The third kappa shape index (κ3) is 5.29. The van der Waals surface area contributed by atoms with Crippen molar-refractivity contribution < 1.29 is 9.59 Å². The number of allylic oxidation sites excluding steroid dienone is 2. The molecule has 120 valence electrons. The fourth-order valence-corrected chi connectivity index (χ4v) is 3.38. The molecule has 0 aromatic carbocycles. The Kier molecular flexibility index (Phi) is 6.63. The van der Waals surface area contributed by atoms with Crippen molar-refractivity contribution in [3.8, 4) is 0 Å². The molecule has 3 nitrogen and oxygen atoms in total. The van der Waals surface area contributed by atoms with E-state index in [1.165, 1.54) is 25.7 Å². The smallest absolute Gasteiger partial charge is 0.221 e. The van der Waals surface area contributed by atoms with Crippen molar-refractivity contribution in [1.29, 1.82) is 0 Å². The van der Waals surface area contributed by atoms with Crippen LogP contribution in [-0.2, 0) is 9.59 Å². The quantitative estimate of drug-likeness (QED) is 0.724. The summed E-state index contributed by atoms with van der Waals surface area (Å²) in [5.41, 5.74) is 5.18. The maximum absolute atomic E-state index is 12.8. The second-order valence-corrected chi connectivity index (χ2v) is 7.42. The van der Waals surface area contributed by atoms with Crippen LogP contribution in [0.1, 0.15) is 66.2 Å². The second-order valence-electron chi connectivity index (χ2n) is 7.42. The highest BCUT2D eigenvalue weighted by Crippen LogP contribution is 2.37. The van der Waals surface area contributed by atoms with Gasteiger partial charge in [-0.15, -0.1) is 0 Å². The highest BCUT2D eigenvalue weighted by Gasteiger charge is 2.38. The minimum atomic E-state index is -0.424. The molecule has 1 amide bonds. The Labute approximate surface area is 129 Å². The first kappa shape index (κ1) is 17.9. The van der Waals surface area contributed by atoms with E-state index in [0.717, 1.165) is 6.42 Å². The van der Waals surface area contributed by atoms with Gasteiger partial charge in [0.25, 0.3) is 0 Å². The van der Waals surface area contributed by atoms with Gasteiger partial charge in [-0.05, 0) is 25.7 Å². The Bertz CT molecular complexity index is 387. The maximum atomic E-state index is 12.8. The largest absolute Gasteiger partial charge is 0.369 e. The molecule has 0 bridgehead atoms. The number of nitrogens with two attached hydrogens (primary N) is 1. The summed E-state index contributed by atoms with van der Waals surface area (Å²) in [5, 5.41) is 0. The number of Topliss-reactive ketones (excluding diaryl/α,β-unsaturated/α-hetero) is 1. The van der Waals surface area contributed by atoms with E-state index in [-0.39, 0.29) is 23.5 Å². The molecule has 0 saturated heterocycles. The minimum absolute atomic E-state index is 0.183. The van der Waals surface area contributed by atoms with Crippen LogP contribution in [-0.4, -0.2) is 11.7 Å². The first-order valence-corrected chi connectivity index (χ1v) is 8.22. The standard InChI is InChI=1S/C18H31NO2/c1-5-6-11-14(17(19)21)15(16(20)18(2,3)4)12-13-9-7-8-10-13/h5-6,13-15H,7-12H2,1-4H3,(H2,19,21)/b6-5+/t14-,15+/m0/s1. The molecular formula is C18H31NO2. The lowest BCUT2D eigenvalue weighted by Crippen LogP contribution is -2.40. The first-order valence-electron chi connectivity index (χ1n) is 8.22. The van der Waals surface area contributed by atoms with Crippen LogP contribution in [0.2, 0.25) is 0 Å². The number of carbonyl (C=O) groups excluding carboxylic acids is 2. The molecule has 2 N–H and O–H groups in total. The molecule has 1 fully saturated rings. The normalized spacial score (nSPS) is 19.8. The molecule has 1 aliphatic carbocycles. The summed E-state index contributed by atoms with van der Waals surface area (Å²) in [6.45, 7) is 7.73. The maximum Gasteiger partial charge on any atom is 0.221 e. The van der Waals surface area contributed by atoms with Crippen LogP contribution >= 0.6 is 0 Å². The Morgan fingerprint density at radius 1 is 1.19 bits per heavy atom. The molecule has 21 heavy (non-hydrogen) atoms. The van der Waals surface area contributed by atoms with Gasteiger partial charge in [0.05, 0.1) is 5.92 Å². The fraction of sp³-hybridized carbons (Fsp3) is 0.778. The summed E-state index contributed by atoms with van der Waals surface area (Å²) in [5.74, 6) is -0.180. The molecule has 1 saturated carbocycles. The van der Waals surface area contributed by atoms with E-state index < -0.39 is 5.41 Å². The number of ketones is 1. The molecule has 0 aromatic rings. The van der Waals surface area contributed by atoms with Crippen molar-refractivity contribution in [3.05, 3.63) is 12.2 Å². The van der Waals surface area contributed by atoms with Gasteiger partial charge in [0.2, 0.25) is 5.91 Å². The lowest BCUT2D eigenvalue weighted by atomic mass is 9.72. The van der Waals surface area contributed by atoms with Gasteiger partial charge in [-0.25, -0.2) is 0 Å². The zero-order valence-electron chi connectivity index (χ0n) is 14.0. The van der Waals surface area contributed by atoms with Crippen molar-refractivity contribution in [3.63, 3.8) is 0 Å². The van der Waals surface area contributed by atoms with E-state index in [4.69, 9.17) is 5.73 Å². The molecule has 2 atom stereocenters. The number of rotatable bonds is 7. The highest BCUT2D eigenvalue weighted by atomic mass is 16.1. The summed E-state index contributed by atoms with van der Waals surface area (Å²) in [6, 6.07) is 0. The number of amides is 1. The van der Waals surface area contributed by atoms with E-state index in [2.05, 4.69) is 0 Å². The summed E-state index contributed by atoms with van der Waals surface area (Å²) in [4.78, 5) is 24.7. The number of hydrogen-bond acceptors (Lipinski definition) is 2. The van der Waals surface area contributed by atoms with Gasteiger partial charge in [0.15, 0.2) is 0 Å². The van der Waals surface area contributed by atoms with Crippen LogP contribution in [0.25, 0.3) is 0 Å². The van der Waals surface area contributed by atoms with Crippen molar-refractivity contribution in [2.75, 3.05) is 0 Å². The topological polar surface area (TPSA) is 60.2 Å². The minimum Gasteiger partial charge on any atom is -0.369 e. The average Bonchev–Trinajstić information content (AvgIpc) is 2.88. The van der Waals surface area contributed by atoms with E-state index in [1.807, 2.05) is 39.8 Å². The van der Waals surface area contributed by atoms with Gasteiger partial charge < -0.3 is 5.73 Å². The molecule has 0 radical (unpaired) electrons. The van der Waals surface area contributed by atoms with Crippen LogP contribution < -0.4 is 5.73 Å². The van der Waals surface area contributed by atoms with Gasteiger partial charge >= 0.3 is 0 Å². The molecule has 0 aromatic heterocycles. The van der Waals surface area contributed by atoms with Crippen molar-refractivity contribution in [2.45, 2.75) is 66.2 Å². The van der Waals surface area contributed by atoms with E-state index in [0.29, 0.717) is 12.3 Å². The van der Waals surface area contributed by atoms with Crippen molar-refractivity contribution >= 4 is 11.7 Å². The van der Waals surface area contributed by atoms with Crippen LogP contribution in [0, 0.1) is 23.2 Å². The Hall–Kier alpha value is -1.12. The molecule has 0 aliphatic heterocycles. The van der Waals surface area contributed by atoms with Gasteiger partial charge in [0.1, 0.15) is 5.78 Å². The summed E-state index contributed by atoms with van der Waals surface area (Å²) >= 11 is 0. The zero-order chi connectivity index (χ0) is 16.0. The van der Waals surface area contributed by atoms with Gasteiger partial charge in [-0.2, -0.15) is 0 Å². The Morgan fingerprint density at radius 2 is 1.76 bits per heavy atom. The third-order valence-electron chi connectivity index (χ3n) is 4.61. The Balaban J connectivity index is 2.96. The first-order chi connectivity index (χ1) is 9.77. The molecular weight excluding hydrogens is 262 g/mol. The van der Waals surface area contributed by atoms with Crippen LogP contribution in [0.3, 0.4) is 0 Å². The van der Waals surface area contributed by atoms with Crippen LogP contribution in [0.4, 0.5) is 0 Å². The molecule has 0 unspecified atom stereocenters. The summed E-state index contributed by atoms with van der Waals surface area (Å²) in [7, 11) is 0. The predicted octanol–water partition coefficient (Wildman–Crippen LogP) is 3.87. The van der Waals surface area contributed by atoms with Gasteiger partial charge in [-0.3, -0.25) is 9.59 Å². The van der Waals surface area contributed by atoms with E-state index >= 15 is 0 Å². The van der Waals surface area contributed by atoms with Gasteiger partial charge in [-0.1, -0.05) is 58.6 Å². The van der Waals surface area contributed by atoms with Crippen molar-refractivity contribution in [1.82, 2.24) is 0 Å². The van der Waals surface area contributed by atoms with Crippen molar-refractivity contribution in [2.24, 2.45) is 28.9 Å². The SMILES string of the molecule is C/C=C/C[C@H](C(N)=O)[C@@H](CC1CCCC1)C(=O)C(C)(C)C. The molecule has 1 rings (SSSR count). The average molecular weight is 293 g/mol. The van der Waals surface area contributed by atoms with E-state index in [9.17, 15) is 9.59 Å².